The van der Waals surface area contributed by atoms with Gasteiger partial charge >= 0.3 is 0 Å². The number of nitrogens with zero attached hydrogens (tertiary/aromatic N) is 4. The van der Waals surface area contributed by atoms with Gasteiger partial charge in [0.1, 0.15) is 11.0 Å². The van der Waals surface area contributed by atoms with Crippen LogP contribution in [-0.2, 0) is 0 Å². The second-order valence-corrected chi connectivity index (χ2v) is 5.04. The molecule has 0 N–H and O–H groups in total. The van der Waals surface area contributed by atoms with Gasteiger partial charge in [-0.3, -0.25) is 4.98 Å². The summed E-state index contributed by atoms with van der Waals surface area (Å²) in [6.45, 7) is 2.09. The summed E-state index contributed by atoms with van der Waals surface area (Å²) in [6.07, 6.45) is 7.20. The van der Waals surface area contributed by atoms with Crippen molar-refractivity contribution in [3.8, 4) is 11.4 Å². The third kappa shape index (κ3) is 2.84. The summed E-state index contributed by atoms with van der Waals surface area (Å²) in [7, 11) is 0. The summed E-state index contributed by atoms with van der Waals surface area (Å²) in [5.41, 5.74) is 0.941. The Morgan fingerprint density at radius 2 is 1.74 bits per heavy atom. The summed E-state index contributed by atoms with van der Waals surface area (Å²) < 4.78 is 0. The highest BCUT2D eigenvalue weighted by atomic mass is 35.5. The fourth-order valence-corrected chi connectivity index (χ4v) is 2.50. The lowest BCUT2D eigenvalue weighted by Gasteiger charge is -2.27. The maximum absolute atomic E-state index is 6.13. The molecule has 0 bridgehead atoms. The smallest absolute Gasteiger partial charge is 0.163 e. The molecule has 1 aliphatic rings. The van der Waals surface area contributed by atoms with Crippen molar-refractivity contribution in [2.75, 3.05) is 18.0 Å². The van der Waals surface area contributed by atoms with E-state index in [9.17, 15) is 0 Å². The molecule has 0 atom stereocenters. The van der Waals surface area contributed by atoms with E-state index in [2.05, 4.69) is 19.9 Å². The lowest BCUT2D eigenvalue weighted by Crippen LogP contribution is -2.30. The largest absolute Gasteiger partial charge is 0.356 e. The van der Waals surface area contributed by atoms with Crippen molar-refractivity contribution in [1.29, 1.82) is 0 Å². The van der Waals surface area contributed by atoms with Gasteiger partial charge in [0.05, 0.1) is 0 Å². The maximum Gasteiger partial charge on any atom is 0.163 e. The van der Waals surface area contributed by atoms with Crippen LogP contribution < -0.4 is 4.90 Å². The van der Waals surface area contributed by atoms with Crippen molar-refractivity contribution in [3.63, 3.8) is 0 Å². The molecular formula is C14H15ClN4. The van der Waals surface area contributed by atoms with Gasteiger partial charge in [0.2, 0.25) is 0 Å². The van der Waals surface area contributed by atoms with Crippen LogP contribution in [0.3, 0.4) is 0 Å². The van der Waals surface area contributed by atoms with Crippen molar-refractivity contribution in [2.45, 2.75) is 19.3 Å². The lowest BCUT2D eigenvalue weighted by atomic mass is 10.1. The van der Waals surface area contributed by atoms with E-state index in [1.165, 1.54) is 19.3 Å². The van der Waals surface area contributed by atoms with Crippen LogP contribution in [0.2, 0.25) is 5.15 Å². The minimum atomic E-state index is 0.488. The second-order valence-electron chi connectivity index (χ2n) is 4.66. The van der Waals surface area contributed by atoms with Gasteiger partial charge in [-0.2, -0.15) is 0 Å². The van der Waals surface area contributed by atoms with Crippen molar-refractivity contribution < 1.29 is 0 Å². The number of rotatable bonds is 2. The van der Waals surface area contributed by atoms with E-state index < -0.39 is 0 Å². The van der Waals surface area contributed by atoms with Crippen molar-refractivity contribution in [2.24, 2.45) is 0 Å². The molecule has 2 aromatic rings. The molecule has 1 saturated heterocycles. The molecule has 1 fully saturated rings. The average molecular weight is 275 g/mol. The zero-order valence-electron chi connectivity index (χ0n) is 10.6. The first-order chi connectivity index (χ1) is 9.33. The Hall–Kier alpha value is -1.68. The molecule has 3 heterocycles. The minimum absolute atomic E-state index is 0.488. The van der Waals surface area contributed by atoms with Crippen LogP contribution >= 0.6 is 11.6 Å². The zero-order valence-corrected chi connectivity index (χ0v) is 11.3. The zero-order chi connectivity index (χ0) is 13.1. The average Bonchev–Trinajstić information content (AvgIpc) is 2.48. The van der Waals surface area contributed by atoms with Crippen LogP contribution in [0, 0.1) is 0 Å². The molecule has 0 radical (unpaired) electrons. The molecule has 0 unspecified atom stereocenters. The number of piperidine rings is 1. The van der Waals surface area contributed by atoms with Crippen molar-refractivity contribution in [1.82, 2.24) is 15.0 Å². The van der Waals surface area contributed by atoms with Gasteiger partial charge in [0, 0.05) is 37.1 Å². The minimum Gasteiger partial charge on any atom is -0.356 e. The Morgan fingerprint density at radius 3 is 2.47 bits per heavy atom. The first kappa shape index (κ1) is 12.4. The molecule has 0 spiro atoms. The molecule has 1 aliphatic heterocycles. The van der Waals surface area contributed by atoms with Gasteiger partial charge in [-0.05, 0) is 31.4 Å². The van der Waals surface area contributed by atoms with E-state index in [4.69, 9.17) is 11.6 Å². The van der Waals surface area contributed by atoms with Crippen LogP contribution in [0.25, 0.3) is 11.4 Å². The first-order valence-corrected chi connectivity index (χ1v) is 6.91. The molecule has 4 nitrogen and oxygen atoms in total. The summed E-state index contributed by atoms with van der Waals surface area (Å²) in [5.74, 6) is 1.59. The molecule has 0 amide bonds. The Labute approximate surface area is 117 Å². The first-order valence-electron chi connectivity index (χ1n) is 6.53. The summed E-state index contributed by atoms with van der Waals surface area (Å²) in [4.78, 5) is 15.2. The Kier molecular flexibility index (Phi) is 3.60. The van der Waals surface area contributed by atoms with Crippen LogP contribution in [0.4, 0.5) is 5.82 Å². The van der Waals surface area contributed by atoms with Gasteiger partial charge in [-0.1, -0.05) is 11.6 Å². The topological polar surface area (TPSA) is 41.9 Å². The number of pyridine rings is 1. The lowest BCUT2D eigenvalue weighted by molar-refractivity contribution is 0.573. The molecule has 0 aromatic carbocycles. The predicted octanol–water partition coefficient (Wildman–Crippen LogP) is 3.18. The van der Waals surface area contributed by atoms with E-state index in [-0.39, 0.29) is 0 Å². The summed E-state index contributed by atoms with van der Waals surface area (Å²) in [5, 5.41) is 0.488. The normalized spacial score (nSPS) is 15.5. The highest BCUT2D eigenvalue weighted by molar-refractivity contribution is 6.29. The van der Waals surface area contributed by atoms with Crippen LogP contribution in [-0.4, -0.2) is 28.0 Å². The fourth-order valence-electron chi connectivity index (χ4n) is 2.32. The SMILES string of the molecule is Clc1cc(N2CCCCC2)nc(-c2ccncc2)n1. The highest BCUT2D eigenvalue weighted by Crippen LogP contribution is 2.24. The molecule has 0 saturated carbocycles. The Balaban J connectivity index is 1.96. The molecular weight excluding hydrogens is 260 g/mol. The van der Waals surface area contributed by atoms with E-state index in [1.807, 2.05) is 18.2 Å². The third-order valence-corrected chi connectivity index (χ3v) is 3.49. The molecule has 3 rings (SSSR count). The molecule has 2 aromatic heterocycles. The van der Waals surface area contributed by atoms with Gasteiger partial charge in [-0.15, -0.1) is 0 Å². The van der Waals surface area contributed by atoms with E-state index in [1.54, 1.807) is 12.4 Å². The van der Waals surface area contributed by atoms with Gasteiger partial charge in [0.15, 0.2) is 5.82 Å². The number of halogens is 1. The van der Waals surface area contributed by atoms with Crippen LogP contribution in [0.5, 0.6) is 0 Å². The molecule has 0 aliphatic carbocycles. The van der Waals surface area contributed by atoms with Crippen molar-refractivity contribution in [3.05, 3.63) is 35.7 Å². The van der Waals surface area contributed by atoms with Gasteiger partial charge < -0.3 is 4.90 Å². The van der Waals surface area contributed by atoms with E-state index in [0.717, 1.165) is 24.5 Å². The predicted molar refractivity (Wildman–Crippen MR) is 76.3 cm³/mol. The number of aromatic nitrogens is 3. The van der Waals surface area contributed by atoms with E-state index in [0.29, 0.717) is 11.0 Å². The molecule has 98 valence electrons. The van der Waals surface area contributed by atoms with Gasteiger partial charge in [-0.25, -0.2) is 9.97 Å². The monoisotopic (exact) mass is 274 g/mol. The van der Waals surface area contributed by atoms with Crippen LogP contribution in [0.1, 0.15) is 19.3 Å². The number of anilines is 1. The number of hydrogen-bond donors (Lipinski definition) is 0. The Morgan fingerprint density at radius 1 is 1.00 bits per heavy atom. The standard InChI is InChI=1S/C14H15ClN4/c15-12-10-13(19-8-2-1-3-9-19)18-14(17-12)11-4-6-16-7-5-11/h4-7,10H,1-3,8-9H2. The fraction of sp³-hybridized carbons (Fsp3) is 0.357. The molecule has 5 heteroatoms. The van der Waals surface area contributed by atoms with E-state index >= 15 is 0 Å². The Bertz CT molecular complexity index is 553. The second kappa shape index (κ2) is 5.53. The summed E-state index contributed by atoms with van der Waals surface area (Å²) in [6, 6.07) is 5.63. The van der Waals surface area contributed by atoms with Crippen molar-refractivity contribution >= 4 is 17.4 Å². The summed E-state index contributed by atoms with van der Waals surface area (Å²) >= 11 is 6.13. The third-order valence-electron chi connectivity index (χ3n) is 3.30. The highest BCUT2D eigenvalue weighted by Gasteiger charge is 2.14. The number of hydrogen-bond acceptors (Lipinski definition) is 4. The van der Waals surface area contributed by atoms with Crippen LogP contribution in [0.15, 0.2) is 30.6 Å². The maximum atomic E-state index is 6.13. The quantitative estimate of drug-likeness (QED) is 0.789. The molecule has 19 heavy (non-hydrogen) atoms. The van der Waals surface area contributed by atoms with Gasteiger partial charge in [0.25, 0.3) is 0 Å².